The SMILES string of the molecule is Cc1ccc(S(=O)(=O)N(C(N)=O)[C@@]2(O)C[C@H]3CC[C@]2(C)C3(C)C)cc1. The normalized spacial score (nSPS) is 33.4. The van der Waals surface area contributed by atoms with Gasteiger partial charge in [0.15, 0.2) is 5.72 Å². The van der Waals surface area contributed by atoms with Crippen LogP contribution in [0.3, 0.4) is 0 Å². The molecule has 0 aliphatic heterocycles. The predicted octanol–water partition coefficient (Wildman–Crippen LogP) is 2.60. The molecule has 1 aromatic carbocycles. The van der Waals surface area contributed by atoms with Crippen molar-refractivity contribution in [2.24, 2.45) is 22.5 Å². The molecule has 0 spiro atoms. The smallest absolute Gasteiger partial charge is 0.331 e. The number of urea groups is 1. The molecule has 0 heterocycles. The van der Waals surface area contributed by atoms with Crippen molar-refractivity contribution < 1.29 is 18.3 Å². The van der Waals surface area contributed by atoms with Crippen LogP contribution in [-0.4, -0.2) is 29.6 Å². The summed E-state index contributed by atoms with van der Waals surface area (Å²) in [7, 11) is -4.26. The highest BCUT2D eigenvalue weighted by molar-refractivity contribution is 7.89. The van der Waals surface area contributed by atoms with E-state index in [1.807, 2.05) is 27.7 Å². The zero-order valence-corrected chi connectivity index (χ0v) is 15.9. The Morgan fingerprint density at radius 2 is 1.80 bits per heavy atom. The number of aryl methyl sites for hydroxylation is 1. The van der Waals surface area contributed by atoms with Crippen LogP contribution in [-0.2, 0) is 10.0 Å². The molecule has 3 N–H and O–H groups in total. The maximum Gasteiger partial charge on any atom is 0.331 e. The third kappa shape index (κ3) is 2.18. The Balaban J connectivity index is 2.15. The summed E-state index contributed by atoms with van der Waals surface area (Å²) in [6.07, 6.45) is 1.77. The molecule has 25 heavy (non-hydrogen) atoms. The second-order valence-corrected chi connectivity index (χ2v) is 10.0. The fourth-order valence-corrected chi connectivity index (χ4v) is 6.46. The van der Waals surface area contributed by atoms with Crippen molar-refractivity contribution in [1.29, 1.82) is 0 Å². The van der Waals surface area contributed by atoms with Gasteiger partial charge in [0.05, 0.1) is 4.90 Å². The monoisotopic (exact) mass is 366 g/mol. The van der Waals surface area contributed by atoms with Crippen LogP contribution >= 0.6 is 0 Å². The molecule has 2 saturated carbocycles. The molecule has 1 aromatic rings. The topological polar surface area (TPSA) is 101 Å². The van der Waals surface area contributed by atoms with E-state index in [0.29, 0.717) is 10.7 Å². The molecular weight excluding hydrogens is 340 g/mol. The summed E-state index contributed by atoms with van der Waals surface area (Å²) in [5, 5.41) is 11.5. The largest absolute Gasteiger partial charge is 0.369 e. The lowest BCUT2D eigenvalue weighted by Crippen LogP contribution is -2.63. The van der Waals surface area contributed by atoms with Crippen molar-refractivity contribution in [2.45, 2.75) is 57.6 Å². The maximum absolute atomic E-state index is 13.2. The van der Waals surface area contributed by atoms with Gasteiger partial charge in [0.1, 0.15) is 0 Å². The molecule has 0 saturated heterocycles. The summed E-state index contributed by atoms with van der Waals surface area (Å²) in [6, 6.07) is 5.04. The number of aliphatic hydroxyl groups is 1. The van der Waals surface area contributed by atoms with Crippen molar-refractivity contribution >= 4 is 16.1 Å². The third-order valence-corrected chi connectivity index (χ3v) is 8.78. The van der Waals surface area contributed by atoms with E-state index in [4.69, 9.17) is 5.73 Å². The molecule has 2 aliphatic carbocycles. The van der Waals surface area contributed by atoms with Gasteiger partial charge >= 0.3 is 6.03 Å². The van der Waals surface area contributed by atoms with Crippen molar-refractivity contribution in [2.75, 3.05) is 0 Å². The summed E-state index contributed by atoms with van der Waals surface area (Å²) in [5.41, 5.74) is 3.51. The van der Waals surface area contributed by atoms with Gasteiger partial charge in [0.25, 0.3) is 10.0 Å². The first kappa shape index (κ1) is 18.2. The van der Waals surface area contributed by atoms with Crippen molar-refractivity contribution in [3.05, 3.63) is 29.8 Å². The molecule has 3 atom stereocenters. The molecular formula is C18H26N2O4S. The van der Waals surface area contributed by atoms with Gasteiger partial charge in [0, 0.05) is 11.8 Å². The minimum absolute atomic E-state index is 0.0468. The number of primary amides is 1. The number of benzene rings is 1. The summed E-state index contributed by atoms with van der Waals surface area (Å²) in [6.45, 7) is 7.76. The van der Waals surface area contributed by atoms with Gasteiger partial charge in [-0.2, -0.15) is 4.31 Å². The predicted molar refractivity (Wildman–Crippen MR) is 94.0 cm³/mol. The van der Waals surface area contributed by atoms with Gasteiger partial charge in [-0.25, -0.2) is 13.2 Å². The van der Waals surface area contributed by atoms with Crippen LogP contribution in [0.2, 0.25) is 0 Å². The number of rotatable bonds is 3. The summed E-state index contributed by atoms with van der Waals surface area (Å²) in [4.78, 5) is 12.2. The highest BCUT2D eigenvalue weighted by Gasteiger charge is 2.72. The van der Waals surface area contributed by atoms with Crippen molar-refractivity contribution in [3.8, 4) is 0 Å². The molecule has 2 aliphatic rings. The molecule has 0 radical (unpaired) electrons. The Labute approximate surface area is 149 Å². The second-order valence-electron chi connectivity index (χ2n) is 8.23. The molecule has 3 rings (SSSR count). The number of nitrogens with zero attached hydrogens (tertiary/aromatic N) is 1. The highest BCUT2D eigenvalue weighted by Crippen LogP contribution is 2.70. The molecule has 7 heteroatoms. The van der Waals surface area contributed by atoms with E-state index >= 15 is 0 Å². The molecule has 6 nitrogen and oxygen atoms in total. The van der Waals surface area contributed by atoms with Crippen LogP contribution in [0, 0.1) is 23.7 Å². The van der Waals surface area contributed by atoms with Gasteiger partial charge in [-0.3, -0.25) is 0 Å². The molecule has 2 bridgehead atoms. The first-order valence-electron chi connectivity index (χ1n) is 8.52. The molecule has 0 aromatic heterocycles. The fraction of sp³-hybridized carbons (Fsp3) is 0.611. The highest BCUT2D eigenvalue weighted by atomic mass is 32.2. The van der Waals surface area contributed by atoms with E-state index in [0.717, 1.165) is 12.0 Å². The number of carbonyl (C=O) groups excluding carboxylic acids is 1. The molecule has 2 amide bonds. The Kier molecular flexibility index (Phi) is 3.79. The van der Waals surface area contributed by atoms with Crippen LogP contribution in [0.15, 0.2) is 29.2 Å². The lowest BCUT2D eigenvalue weighted by atomic mass is 9.67. The first-order valence-corrected chi connectivity index (χ1v) is 9.96. The van der Waals surface area contributed by atoms with Gasteiger partial charge < -0.3 is 10.8 Å². The quantitative estimate of drug-likeness (QED) is 0.803. The fourth-order valence-electron chi connectivity index (χ4n) is 4.86. The Hall–Kier alpha value is -1.60. The summed E-state index contributed by atoms with van der Waals surface area (Å²) in [5.74, 6) is 0.137. The molecule has 2 fully saturated rings. The zero-order chi connectivity index (χ0) is 18.8. The standard InChI is InChI=1S/C18H26N2O4S/c1-12-5-7-14(8-6-12)25(23,24)20(15(19)21)18(22)11-13-9-10-17(18,4)16(13,2)3/h5-8,13,22H,9-11H2,1-4H3,(H2,19,21)/t13-,17-,18-/m1/s1. The van der Waals surface area contributed by atoms with E-state index in [1.54, 1.807) is 12.1 Å². The van der Waals surface area contributed by atoms with Gasteiger partial charge in [-0.05, 0) is 43.2 Å². The number of amides is 2. The lowest BCUT2D eigenvalue weighted by molar-refractivity contribution is -0.145. The molecule has 138 valence electrons. The van der Waals surface area contributed by atoms with Crippen LogP contribution in [0.1, 0.15) is 45.6 Å². The van der Waals surface area contributed by atoms with Gasteiger partial charge in [0.2, 0.25) is 0 Å². The first-order chi connectivity index (χ1) is 11.4. The van der Waals surface area contributed by atoms with Crippen molar-refractivity contribution in [3.63, 3.8) is 0 Å². The zero-order valence-electron chi connectivity index (χ0n) is 15.1. The number of hydrogen-bond acceptors (Lipinski definition) is 4. The molecule has 0 unspecified atom stereocenters. The average molecular weight is 366 g/mol. The summed E-state index contributed by atoms with van der Waals surface area (Å²) < 4.78 is 26.9. The number of sulfonamides is 1. The van der Waals surface area contributed by atoms with E-state index in [9.17, 15) is 18.3 Å². The number of carbonyl (C=O) groups is 1. The van der Waals surface area contributed by atoms with E-state index in [1.165, 1.54) is 12.1 Å². The Morgan fingerprint density at radius 1 is 1.24 bits per heavy atom. The minimum atomic E-state index is -4.26. The van der Waals surface area contributed by atoms with Gasteiger partial charge in [-0.15, -0.1) is 0 Å². The number of nitrogens with two attached hydrogens (primary N) is 1. The number of hydrogen-bond donors (Lipinski definition) is 2. The van der Waals surface area contributed by atoms with Crippen LogP contribution in [0.25, 0.3) is 0 Å². The van der Waals surface area contributed by atoms with Crippen LogP contribution in [0.5, 0.6) is 0 Å². The van der Waals surface area contributed by atoms with E-state index in [2.05, 4.69) is 0 Å². The minimum Gasteiger partial charge on any atom is -0.369 e. The summed E-state index contributed by atoms with van der Waals surface area (Å²) >= 11 is 0. The lowest BCUT2D eigenvalue weighted by Gasteiger charge is -2.49. The van der Waals surface area contributed by atoms with Crippen LogP contribution in [0.4, 0.5) is 4.79 Å². The van der Waals surface area contributed by atoms with E-state index < -0.39 is 27.2 Å². The Bertz CT molecular complexity index is 818. The maximum atomic E-state index is 13.2. The third-order valence-electron chi connectivity index (χ3n) is 6.95. The van der Waals surface area contributed by atoms with E-state index in [-0.39, 0.29) is 22.6 Å². The van der Waals surface area contributed by atoms with Gasteiger partial charge in [-0.1, -0.05) is 38.5 Å². The second kappa shape index (κ2) is 5.20. The average Bonchev–Trinajstić information content (AvgIpc) is 2.78. The van der Waals surface area contributed by atoms with Crippen LogP contribution < -0.4 is 5.73 Å². The number of fused-ring (bicyclic) bond motifs is 2. The van der Waals surface area contributed by atoms with Crippen molar-refractivity contribution in [1.82, 2.24) is 4.31 Å². The Morgan fingerprint density at radius 3 is 2.20 bits per heavy atom.